The molecule has 2 aromatic rings. The second-order valence-electron chi connectivity index (χ2n) is 7.64. The molecule has 0 spiro atoms. The molecule has 2 amide bonds. The summed E-state index contributed by atoms with van der Waals surface area (Å²) in [5.74, 6) is -0.816. The number of halogens is 3. The number of hydrogen-bond acceptors (Lipinski definition) is 5. The van der Waals surface area contributed by atoms with Gasteiger partial charge < -0.3 is 15.0 Å². The molecule has 2 aliphatic rings. The lowest BCUT2D eigenvalue weighted by Gasteiger charge is -2.34. The van der Waals surface area contributed by atoms with E-state index in [1.165, 1.54) is 4.31 Å². The van der Waals surface area contributed by atoms with Crippen molar-refractivity contribution in [3.05, 3.63) is 53.6 Å². The molecule has 2 aromatic carbocycles. The molecule has 2 heterocycles. The minimum atomic E-state index is -4.87. The van der Waals surface area contributed by atoms with E-state index >= 15 is 0 Å². The lowest BCUT2D eigenvalue weighted by Crippen LogP contribution is -2.50. The summed E-state index contributed by atoms with van der Waals surface area (Å²) >= 11 is 0. The maximum absolute atomic E-state index is 12.9. The number of piperazine rings is 1. The molecular formula is C21H20F3N3O5S. The largest absolute Gasteiger partial charge is 0.573 e. The van der Waals surface area contributed by atoms with Gasteiger partial charge in [0.15, 0.2) is 0 Å². The SMILES string of the molecule is O=C1CCc2cc(C(=O)N3CCN(S(=O)(=O)c4ccc(OC(F)(F)F)cc4)CC3)ccc2N1. The maximum Gasteiger partial charge on any atom is 0.573 e. The van der Waals surface area contributed by atoms with Gasteiger partial charge in [-0.1, -0.05) is 0 Å². The number of rotatable bonds is 4. The van der Waals surface area contributed by atoms with Crippen LogP contribution in [-0.2, 0) is 21.2 Å². The molecule has 8 nitrogen and oxygen atoms in total. The predicted octanol–water partition coefficient (Wildman–Crippen LogP) is 2.62. The van der Waals surface area contributed by atoms with Gasteiger partial charge in [-0.2, -0.15) is 4.31 Å². The highest BCUT2D eigenvalue weighted by atomic mass is 32.2. The molecule has 1 N–H and O–H groups in total. The van der Waals surface area contributed by atoms with Gasteiger partial charge in [-0.05, 0) is 54.4 Å². The van der Waals surface area contributed by atoms with E-state index in [0.29, 0.717) is 24.1 Å². The van der Waals surface area contributed by atoms with E-state index in [2.05, 4.69) is 10.1 Å². The van der Waals surface area contributed by atoms with Crippen molar-refractivity contribution < 1.29 is 35.9 Å². The molecule has 4 rings (SSSR count). The van der Waals surface area contributed by atoms with Crippen LogP contribution in [0.15, 0.2) is 47.4 Å². The molecule has 0 radical (unpaired) electrons. The Balaban J connectivity index is 1.40. The highest BCUT2D eigenvalue weighted by Gasteiger charge is 2.33. The molecule has 1 fully saturated rings. The molecular weight excluding hydrogens is 463 g/mol. The monoisotopic (exact) mass is 483 g/mol. The minimum absolute atomic E-state index is 0.0515. The molecule has 1 saturated heterocycles. The Hall–Kier alpha value is -3.12. The van der Waals surface area contributed by atoms with Crippen molar-refractivity contribution in [2.75, 3.05) is 31.5 Å². The fourth-order valence-electron chi connectivity index (χ4n) is 3.79. The number of fused-ring (bicyclic) bond motifs is 1. The van der Waals surface area contributed by atoms with Gasteiger partial charge in [0.05, 0.1) is 4.90 Å². The molecule has 33 heavy (non-hydrogen) atoms. The Labute approximate surface area is 188 Å². The molecule has 0 atom stereocenters. The van der Waals surface area contributed by atoms with Crippen LogP contribution >= 0.6 is 0 Å². The number of nitrogens with one attached hydrogen (secondary N) is 1. The number of carbonyl (C=O) groups excluding carboxylic acids is 2. The molecule has 0 unspecified atom stereocenters. The van der Waals surface area contributed by atoms with Crippen molar-refractivity contribution in [3.8, 4) is 5.75 Å². The van der Waals surface area contributed by atoms with Gasteiger partial charge in [-0.15, -0.1) is 13.2 Å². The van der Waals surface area contributed by atoms with Crippen molar-refractivity contribution in [2.45, 2.75) is 24.1 Å². The van der Waals surface area contributed by atoms with Gasteiger partial charge in [0.2, 0.25) is 15.9 Å². The van der Waals surface area contributed by atoms with E-state index in [1.807, 2.05) is 0 Å². The number of ether oxygens (including phenoxy) is 1. The zero-order valence-corrected chi connectivity index (χ0v) is 18.1. The summed E-state index contributed by atoms with van der Waals surface area (Å²) in [6.07, 6.45) is -3.97. The number of hydrogen-bond donors (Lipinski definition) is 1. The van der Waals surface area contributed by atoms with E-state index < -0.39 is 22.1 Å². The quantitative estimate of drug-likeness (QED) is 0.722. The third-order valence-corrected chi connectivity index (χ3v) is 7.38. The maximum atomic E-state index is 12.9. The summed E-state index contributed by atoms with van der Waals surface area (Å²) < 4.78 is 67.5. The molecule has 0 aliphatic carbocycles. The van der Waals surface area contributed by atoms with Crippen LogP contribution in [0.4, 0.5) is 18.9 Å². The first-order chi connectivity index (χ1) is 15.5. The number of alkyl halides is 3. The number of aryl methyl sites for hydroxylation is 1. The van der Waals surface area contributed by atoms with Crippen molar-refractivity contribution in [2.24, 2.45) is 0 Å². The molecule has 0 bridgehead atoms. The highest BCUT2D eigenvalue weighted by molar-refractivity contribution is 7.89. The summed E-state index contributed by atoms with van der Waals surface area (Å²) in [7, 11) is -3.94. The number of anilines is 1. The summed E-state index contributed by atoms with van der Waals surface area (Å²) in [6.45, 7) is 0.439. The van der Waals surface area contributed by atoms with Crippen LogP contribution in [0, 0.1) is 0 Å². The van der Waals surface area contributed by atoms with Crippen molar-refractivity contribution in [1.82, 2.24) is 9.21 Å². The van der Waals surface area contributed by atoms with Crippen molar-refractivity contribution in [3.63, 3.8) is 0 Å². The zero-order chi connectivity index (χ0) is 23.8. The first-order valence-corrected chi connectivity index (χ1v) is 11.5. The van der Waals surface area contributed by atoms with Gasteiger partial charge in [0, 0.05) is 43.9 Å². The Morgan fingerprint density at radius 3 is 2.27 bits per heavy atom. The second kappa shape index (κ2) is 8.67. The van der Waals surface area contributed by atoms with Crippen molar-refractivity contribution in [1.29, 1.82) is 0 Å². The average molecular weight is 483 g/mol. The van der Waals surface area contributed by atoms with Gasteiger partial charge in [0.1, 0.15) is 5.75 Å². The van der Waals surface area contributed by atoms with E-state index in [9.17, 15) is 31.2 Å². The van der Waals surface area contributed by atoms with Crippen LogP contribution in [0.3, 0.4) is 0 Å². The van der Waals surface area contributed by atoms with E-state index in [0.717, 1.165) is 29.8 Å². The first-order valence-electron chi connectivity index (χ1n) is 10.1. The van der Waals surface area contributed by atoms with Crippen LogP contribution in [0.2, 0.25) is 0 Å². The highest BCUT2D eigenvalue weighted by Crippen LogP contribution is 2.27. The zero-order valence-electron chi connectivity index (χ0n) is 17.3. The molecule has 0 saturated carbocycles. The van der Waals surface area contributed by atoms with Crippen LogP contribution in [0.1, 0.15) is 22.3 Å². The Bertz CT molecular complexity index is 1170. The second-order valence-corrected chi connectivity index (χ2v) is 9.57. The fraction of sp³-hybridized carbons (Fsp3) is 0.333. The molecule has 0 aromatic heterocycles. The van der Waals surface area contributed by atoms with E-state index in [1.54, 1.807) is 23.1 Å². The summed E-state index contributed by atoms with van der Waals surface area (Å²) in [6, 6.07) is 9.05. The van der Waals surface area contributed by atoms with Gasteiger partial charge in [-0.25, -0.2) is 8.42 Å². The van der Waals surface area contributed by atoms with E-state index in [4.69, 9.17) is 0 Å². The minimum Gasteiger partial charge on any atom is -0.406 e. The number of carbonyl (C=O) groups is 2. The van der Waals surface area contributed by atoms with Crippen LogP contribution in [0.5, 0.6) is 5.75 Å². The Morgan fingerprint density at radius 1 is 0.970 bits per heavy atom. The average Bonchev–Trinajstić information content (AvgIpc) is 2.77. The molecule has 12 heteroatoms. The molecule has 2 aliphatic heterocycles. The topological polar surface area (TPSA) is 96.0 Å². The first kappa shape index (κ1) is 23.1. The normalized spacial score (nSPS) is 17.3. The number of sulfonamides is 1. The predicted molar refractivity (Wildman–Crippen MR) is 111 cm³/mol. The summed E-state index contributed by atoms with van der Waals surface area (Å²) in [4.78, 5) is 25.8. The van der Waals surface area contributed by atoms with Gasteiger partial charge in [0.25, 0.3) is 5.91 Å². The van der Waals surface area contributed by atoms with Crippen LogP contribution < -0.4 is 10.1 Å². The standard InChI is InChI=1S/C21H20F3N3O5S/c22-21(23,24)32-16-3-5-17(6-4-16)33(30,31)27-11-9-26(10-12-27)20(29)15-1-7-18-14(13-15)2-8-19(28)25-18/h1,3-7,13H,2,8-12H2,(H,25,28). The third kappa shape index (κ3) is 5.11. The van der Waals surface area contributed by atoms with Crippen LogP contribution in [-0.4, -0.2) is 62.0 Å². The Morgan fingerprint density at radius 2 is 1.64 bits per heavy atom. The smallest absolute Gasteiger partial charge is 0.406 e. The number of benzene rings is 2. The van der Waals surface area contributed by atoms with Gasteiger partial charge >= 0.3 is 6.36 Å². The van der Waals surface area contributed by atoms with Crippen molar-refractivity contribution >= 4 is 27.5 Å². The summed E-state index contributed by atoms with van der Waals surface area (Å²) in [5.41, 5.74) is 2.02. The lowest BCUT2D eigenvalue weighted by atomic mass is 10.00. The van der Waals surface area contributed by atoms with Gasteiger partial charge in [-0.3, -0.25) is 9.59 Å². The number of amides is 2. The Kier molecular flexibility index (Phi) is 6.06. The number of nitrogens with zero attached hydrogens (tertiary/aromatic N) is 2. The summed E-state index contributed by atoms with van der Waals surface area (Å²) in [5, 5.41) is 2.76. The third-order valence-electron chi connectivity index (χ3n) is 5.47. The molecule has 176 valence electrons. The van der Waals surface area contributed by atoms with E-state index in [-0.39, 0.29) is 42.9 Å². The van der Waals surface area contributed by atoms with Crippen LogP contribution in [0.25, 0.3) is 0 Å². The fourth-order valence-corrected chi connectivity index (χ4v) is 5.22. The lowest BCUT2D eigenvalue weighted by molar-refractivity contribution is -0.274.